The summed E-state index contributed by atoms with van der Waals surface area (Å²) in [6.45, 7) is 6.89. The molecule has 3 nitrogen and oxygen atoms in total. The lowest BCUT2D eigenvalue weighted by Gasteiger charge is -2.21. The third-order valence-corrected chi connectivity index (χ3v) is 1.19. The molecule has 1 saturated heterocycles. The molecule has 1 heterocycles. The normalized spacial score (nSPS) is 17.2. The highest BCUT2D eigenvalue weighted by Gasteiger charge is 2.05. The Morgan fingerprint density at radius 2 is 1.80 bits per heavy atom. The molecule has 0 unspecified atom stereocenters. The minimum Gasteiger partial charge on any atom is -0.378 e. The number of rotatable bonds is 1. The molecule has 0 spiro atoms. The topological polar surface area (TPSA) is 29.5 Å². The van der Waals surface area contributed by atoms with Crippen molar-refractivity contribution >= 4 is 6.41 Å². The van der Waals surface area contributed by atoms with Crippen LogP contribution in [0.3, 0.4) is 0 Å². The summed E-state index contributed by atoms with van der Waals surface area (Å²) in [5.74, 6) is 0. The Labute approximate surface area is 62.0 Å². The summed E-state index contributed by atoms with van der Waals surface area (Å²) in [5.41, 5.74) is 0. The number of carbonyl (C=O) groups is 1. The van der Waals surface area contributed by atoms with Gasteiger partial charge >= 0.3 is 0 Å². The second kappa shape index (κ2) is 6.55. The molecular formula is C7H15NO2. The standard InChI is InChI=1S/C5H9NO2.C2H6/c7-5-6-1-3-8-4-2-6;1-2/h5H,1-4H2;1-2H3. The summed E-state index contributed by atoms with van der Waals surface area (Å²) >= 11 is 0. The van der Waals surface area contributed by atoms with Crippen LogP contribution in [0.2, 0.25) is 0 Å². The number of nitrogens with zero attached hydrogens (tertiary/aromatic N) is 1. The maximum Gasteiger partial charge on any atom is 0.209 e. The molecule has 0 bridgehead atoms. The van der Waals surface area contributed by atoms with E-state index in [4.69, 9.17) is 4.74 Å². The van der Waals surface area contributed by atoms with Crippen molar-refractivity contribution in [3.8, 4) is 0 Å². The third-order valence-electron chi connectivity index (χ3n) is 1.19. The van der Waals surface area contributed by atoms with E-state index in [-0.39, 0.29) is 0 Å². The first-order valence-corrected chi connectivity index (χ1v) is 3.70. The summed E-state index contributed by atoms with van der Waals surface area (Å²) < 4.78 is 5.00. The first-order chi connectivity index (χ1) is 4.93. The SMILES string of the molecule is CC.O=CN1CCOCC1. The van der Waals surface area contributed by atoms with E-state index < -0.39 is 0 Å². The van der Waals surface area contributed by atoms with Crippen molar-refractivity contribution in [1.29, 1.82) is 0 Å². The van der Waals surface area contributed by atoms with Crippen LogP contribution in [-0.4, -0.2) is 37.6 Å². The van der Waals surface area contributed by atoms with E-state index in [0.717, 1.165) is 19.5 Å². The van der Waals surface area contributed by atoms with Crippen LogP contribution in [0.25, 0.3) is 0 Å². The molecule has 1 amide bonds. The van der Waals surface area contributed by atoms with Gasteiger partial charge in [-0.25, -0.2) is 0 Å². The first kappa shape index (κ1) is 9.43. The van der Waals surface area contributed by atoms with Gasteiger partial charge in [0, 0.05) is 13.1 Å². The Kier molecular flexibility index (Phi) is 6.18. The Hall–Kier alpha value is -0.570. The van der Waals surface area contributed by atoms with Gasteiger partial charge in [0.1, 0.15) is 0 Å². The highest BCUT2D eigenvalue weighted by molar-refractivity contribution is 5.46. The summed E-state index contributed by atoms with van der Waals surface area (Å²) in [4.78, 5) is 11.7. The van der Waals surface area contributed by atoms with Crippen LogP contribution < -0.4 is 0 Å². The molecule has 0 aromatic heterocycles. The average Bonchev–Trinajstić information content (AvgIpc) is 2.10. The molecule has 1 fully saturated rings. The monoisotopic (exact) mass is 145 g/mol. The van der Waals surface area contributed by atoms with Gasteiger partial charge in [-0.1, -0.05) is 13.8 Å². The number of hydrogen-bond donors (Lipinski definition) is 0. The number of hydrogen-bond acceptors (Lipinski definition) is 2. The lowest BCUT2D eigenvalue weighted by atomic mass is 10.5. The summed E-state index contributed by atoms with van der Waals surface area (Å²) in [6, 6.07) is 0. The summed E-state index contributed by atoms with van der Waals surface area (Å²) in [7, 11) is 0. The Bertz CT molecular complexity index is 79.7. The van der Waals surface area contributed by atoms with Gasteiger partial charge in [-0.2, -0.15) is 0 Å². The maximum absolute atomic E-state index is 10.0. The molecule has 0 saturated carbocycles. The van der Waals surface area contributed by atoms with E-state index in [2.05, 4.69) is 0 Å². The van der Waals surface area contributed by atoms with Crippen molar-refractivity contribution in [3.63, 3.8) is 0 Å². The highest BCUT2D eigenvalue weighted by Crippen LogP contribution is 1.90. The fraction of sp³-hybridized carbons (Fsp3) is 0.857. The van der Waals surface area contributed by atoms with E-state index >= 15 is 0 Å². The second-order valence-electron chi connectivity index (χ2n) is 1.75. The molecule has 0 atom stereocenters. The smallest absolute Gasteiger partial charge is 0.209 e. The summed E-state index contributed by atoms with van der Waals surface area (Å²) in [6.07, 6.45) is 0.864. The fourth-order valence-electron chi connectivity index (χ4n) is 0.683. The van der Waals surface area contributed by atoms with Gasteiger partial charge in [0.25, 0.3) is 0 Å². The van der Waals surface area contributed by atoms with Crippen molar-refractivity contribution in [1.82, 2.24) is 4.90 Å². The molecule has 0 aromatic rings. The Balaban J connectivity index is 0.000000371. The molecule has 0 N–H and O–H groups in total. The van der Waals surface area contributed by atoms with E-state index in [9.17, 15) is 4.79 Å². The molecule has 0 aromatic carbocycles. The minimum atomic E-state index is 0.693. The van der Waals surface area contributed by atoms with Crippen molar-refractivity contribution in [2.45, 2.75) is 13.8 Å². The zero-order valence-corrected chi connectivity index (χ0v) is 6.67. The average molecular weight is 145 g/mol. The molecule has 60 valence electrons. The zero-order chi connectivity index (χ0) is 7.82. The van der Waals surface area contributed by atoms with Gasteiger partial charge < -0.3 is 9.64 Å². The molecule has 10 heavy (non-hydrogen) atoms. The number of carbonyl (C=O) groups excluding carboxylic acids is 1. The fourth-order valence-corrected chi connectivity index (χ4v) is 0.683. The van der Waals surface area contributed by atoms with Crippen LogP contribution in [0.5, 0.6) is 0 Å². The van der Waals surface area contributed by atoms with Crippen molar-refractivity contribution < 1.29 is 9.53 Å². The van der Waals surface area contributed by atoms with Crippen molar-refractivity contribution in [3.05, 3.63) is 0 Å². The van der Waals surface area contributed by atoms with E-state index in [1.54, 1.807) is 4.90 Å². The van der Waals surface area contributed by atoms with Crippen molar-refractivity contribution in [2.75, 3.05) is 26.3 Å². The van der Waals surface area contributed by atoms with Crippen LogP contribution >= 0.6 is 0 Å². The number of ether oxygens (including phenoxy) is 1. The van der Waals surface area contributed by atoms with E-state index in [1.165, 1.54) is 0 Å². The van der Waals surface area contributed by atoms with Crippen LogP contribution in [0.1, 0.15) is 13.8 Å². The molecular weight excluding hydrogens is 130 g/mol. The van der Waals surface area contributed by atoms with Gasteiger partial charge in [-0.15, -0.1) is 0 Å². The summed E-state index contributed by atoms with van der Waals surface area (Å²) in [5, 5.41) is 0. The Morgan fingerprint density at radius 1 is 1.30 bits per heavy atom. The predicted molar refractivity (Wildman–Crippen MR) is 39.8 cm³/mol. The van der Waals surface area contributed by atoms with Crippen molar-refractivity contribution in [2.24, 2.45) is 0 Å². The van der Waals surface area contributed by atoms with Gasteiger partial charge in [-0.05, 0) is 0 Å². The molecule has 1 rings (SSSR count). The minimum absolute atomic E-state index is 0.693. The van der Waals surface area contributed by atoms with Gasteiger partial charge in [0.05, 0.1) is 13.2 Å². The molecule has 0 aliphatic carbocycles. The van der Waals surface area contributed by atoms with E-state index in [0.29, 0.717) is 13.2 Å². The lowest BCUT2D eigenvalue weighted by Crippen LogP contribution is -2.34. The van der Waals surface area contributed by atoms with Gasteiger partial charge in [-0.3, -0.25) is 4.79 Å². The van der Waals surface area contributed by atoms with Crippen LogP contribution in [-0.2, 0) is 9.53 Å². The lowest BCUT2D eigenvalue weighted by molar-refractivity contribution is -0.121. The Morgan fingerprint density at radius 3 is 2.10 bits per heavy atom. The second-order valence-corrected chi connectivity index (χ2v) is 1.75. The quantitative estimate of drug-likeness (QED) is 0.503. The van der Waals surface area contributed by atoms with Gasteiger partial charge in [0.15, 0.2) is 0 Å². The number of amides is 1. The molecule has 1 aliphatic rings. The molecule has 3 heteroatoms. The predicted octanol–water partition coefficient (Wildman–Crippen LogP) is 0.501. The van der Waals surface area contributed by atoms with Crippen LogP contribution in [0, 0.1) is 0 Å². The maximum atomic E-state index is 10.0. The molecule has 0 radical (unpaired) electrons. The van der Waals surface area contributed by atoms with Crippen LogP contribution in [0.4, 0.5) is 0 Å². The molecule has 1 aliphatic heterocycles. The zero-order valence-electron chi connectivity index (χ0n) is 6.67. The van der Waals surface area contributed by atoms with E-state index in [1.807, 2.05) is 13.8 Å². The van der Waals surface area contributed by atoms with Gasteiger partial charge in [0.2, 0.25) is 6.41 Å². The largest absolute Gasteiger partial charge is 0.378 e. The van der Waals surface area contributed by atoms with Crippen LogP contribution in [0.15, 0.2) is 0 Å². The first-order valence-electron chi connectivity index (χ1n) is 3.70. The number of morpholine rings is 1. The highest BCUT2D eigenvalue weighted by atomic mass is 16.5. The third kappa shape index (κ3) is 3.45.